The smallest absolute Gasteiger partial charge is 0.410 e. The van der Waals surface area contributed by atoms with Crippen molar-refractivity contribution in [2.45, 2.75) is 51.6 Å². The number of halogens is 2. The first kappa shape index (κ1) is 29.0. The fourth-order valence-electron chi connectivity index (χ4n) is 4.80. The molecule has 42 heavy (non-hydrogen) atoms. The van der Waals surface area contributed by atoms with E-state index in [9.17, 15) is 14.0 Å². The number of nitrogens with two attached hydrogens (primary N) is 1. The van der Waals surface area contributed by atoms with Gasteiger partial charge in [0.25, 0.3) is 5.91 Å². The number of likely N-dealkylation sites (N-methyl/N-ethyl adjacent to an activating group) is 1. The van der Waals surface area contributed by atoms with Crippen molar-refractivity contribution in [3.05, 3.63) is 58.9 Å². The van der Waals surface area contributed by atoms with E-state index in [2.05, 4.69) is 15.3 Å². The predicted molar refractivity (Wildman–Crippen MR) is 152 cm³/mol. The molecule has 2 amide bonds. The van der Waals surface area contributed by atoms with Crippen molar-refractivity contribution in [1.82, 2.24) is 14.9 Å². The van der Waals surface area contributed by atoms with Gasteiger partial charge in [-0.2, -0.15) is 0 Å². The molecule has 0 bridgehead atoms. The molecule has 1 aliphatic carbocycles. The third-order valence-corrected chi connectivity index (χ3v) is 7.33. The Labute approximate surface area is 242 Å². The van der Waals surface area contributed by atoms with E-state index in [1.807, 2.05) is 0 Å². The average molecular weight is 582 g/mol. The minimum atomic E-state index is -0.751. The number of amides is 2. The lowest BCUT2D eigenvalue weighted by atomic mass is 9.96. The van der Waals surface area contributed by atoms with E-state index in [1.54, 1.807) is 34.7 Å². The van der Waals surface area contributed by atoms with Gasteiger partial charge in [-0.3, -0.25) is 4.79 Å². The SMILES string of the molecule is Cc1c(NC(=O)c2cc3c(cc2F)C2(CC2)CO3)cc(F)cc1-c1ncnc(N)c1OCCN(C)C(=O)OC(C)(C)C. The van der Waals surface area contributed by atoms with E-state index in [0.29, 0.717) is 17.9 Å². The number of ether oxygens (including phenoxy) is 3. The first-order valence-electron chi connectivity index (χ1n) is 13.5. The Morgan fingerprint density at radius 3 is 2.60 bits per heavy atom. The highest BCUT2D eigenvalue weighted by Crippen LogP contribution is 2.55. The van der Waals surface area contributed by atoms with Crippen LogP contribution in [0.1, 0.15) is 55.1 Å². The van der Waals surface area contributed by atoms with E-state index in [-0.39, 0.29) is 52.6 Å². The van der Waals surface area contributed by atoms with Crippen molar-refractivity contribution in [1.29, 1.82) is 0 Å². The number of hydrogen-bond donors (Lipinski definition) is 2. The third-order valence-electron chi connectivity index (χ3n) is 7.33. The Bertz CT molecular complexity index is 1570. The van der Waals surface area contributed by atoms with Crippen LogP contribution >= 0.6 is 0 Å². The molecule has 2 heterocycles. The molecular formula is C30H33F2N5O5. The molecule has 1 saturated carbocycles. The van der Waals surface area contributed by atoms with Crippen LogP contribution in [0.25, 0.3) is 11.3 Å². The normalized spacial score (nSPS) is 14.6. The number of nitrogen functional groups attached to an aromatic ring is 1. The van der Waals surface area contributed by atoms with Crippen molar-refractivity contribution < 1.29 is 32.6 Å². The lowest BCUT2D eigenvalue weighted by Gasteiger charge is -2.24. The Kier molecular flexibility index (Phi) is 7.42. The number of carbonyl (C=O) groups excluding carboxylic acids is 2. The number of nitrogens with zero attached hydrogens (tertiary/aromatic N) is 3. The fourth-order valence-corrected chi connectivity index (χ4v) is 4.80. The second-order valence-corrected chi connectivity index (χ2v) is 11.7. The first-order valence-corrected chi connectivity index (χ1v) is 13.5. The largest absolute Gasteiger partial charge is 0.492 e. The first-order chi connectivity index (χ1) is 19.8. The van der Waals surface area contributed by atoms with Gasteiger partial charge in [0, 0.05) is 29.3 Å². The summed E-state index contributed by atoms with van der Waals surface area (Å²) in [6.45, 7) is 7.59. The summed E-state index contributed by atoms with van der Waals surface area (Å²) in [7, 11) is 1.56. The van der Waals surface area contributed by atoms with Crippen molar-refractivity contribution in [2.24, 2.45) is 0 Å². The molecule has 1 fully saturated rings. The monoisotopic (exact) mass is 581 g/mol. The molecule has 3 N–H and O–H groups in total. The van der Waals surface area contributed by atoms with Gasteiger partial charge in [-0.15, -0.1) is 0 Å². The van der Waals surface area contributed by atoms with Gasteiger partial charge in [0.05, 0.1) is 18.7 Å². The average Bonchev–Trinajstić information content (AvgIpc) is 3.62. The van der Waals surface area contributed by atoms with Crippen molar-refractivity contribution in [3.8, 4) is 22.8 Å². The predicted octanol–water partition coefficient (Wildman–Crippen LogP) is 5.23. The molecule has 0 unspecified atom stereocenters. The van der Waals surface area contributed by atoms with E-state index in [4.69, 9.17) is 19.9 Å². The molecule has 3 aromatic rings. The lowest BCUT2D eigenvalue weighted by molar-refractivity contribution is 0.0278. The Hall–Kier alpha value is -4.48. The van der Waals surface area contributed by atoms with Crippen LogP contribution in [0.3, 0.4) is 0 Å². The Morgan fingerprint density at radius 2 is 1.90 bits per heavy atom. The molecule has 1 spiro atoms. The number of anilines is 2. The standard InChI is InChI=1S/C30H33F2N5O5/c1-16-18(24-25(26(33)35-15-34-24)40-9-8-37(5)28(39)42-29(2,3)4)10-17(31)11-22(16)36-27(38)19-12-23-20(13-21(19)32)30(6-7-30)14-41-23/h10-13,15H,6-9,14H2,1-5H3,(H,36,38)(H2,33,34,35). The van der Waals surface area contributed by atoms with Crippen LogP contribution in [-0.2, 0) is 10.2 Å². The molecule has 0 atom stereocenters. The number of carbonyl (C=O) groups is 2. The summed E-state index contributed by atoms with van der Waals surface area (Å²) in [6.07, 6.45) is 2.54. The van der Waals surface area contributed by atoms with Crippen molar-refractivity contribution in [2.75, 3.05) is 37.9 Å². The lowest BCUT2D eigenvalue weighted by Crippen LogP contribution is -2.36. The Morgan fingerprint density at radius 1 is 1.17 bits per heavy atom. The van der Waals surface area contributed by atoms with Crippen LogP contribution < -0.4 is 20.5 Å². The van der Waals surface area contributed by atoms with Gasteiger partial charge in [0.1, 0.15) is 41.6 Å². The number of rotatable bonds is 7. The van der Waals surface area contributed by atoms with Gasteiger partial charge in [-0.05, 0) is 70.4 Å². The summed E-state index contributed by atoms with van der Waals surface area (Å²) < 4.78 is 46.8. The zero-order valence-electron chi connectivity index (χ0n) is 24.1. The highest BCUT2D eigenvalue weighted by atomic mass is 19.1. The summed E-state index contributed by atoms with van der Waals surface area (Å²) in [5.41, 5.74) is 6.89. The maximum atomic E-state index is 15.0. The van der Waals surface area contributed by atoms with Gasteiger partial charge >= 0.3 is 6.09 Å². The fraction of sp³-hybridized carbons (Fsp3) is 0.400. The third kappa shape index (κ3) is 5.79. The summed E-state index contributed by atoms with van der Waals surface area (Å²) in [5.74, 6) is -1.52. The van der Waals surface area contributed by atoms with Crippen LogP contribution in [-0.4, -0.2) is 59.3 Å². The number of fused-ring (bicyclic) bond motifs is 2. The molecule has 222 valence electrons. The molecule has 0 saturated heterocycles. The highest BCUT2D eigenvalue weighted by Gasteiger charge is 2.51. The van der Waals surface area contributed by atoms with Crippen LogP contribution in [0.2, 0.25) is 0 Å². The number of benzene rings is 2. The summed E-state index contributed by atoms with van der Waals surface area (Å²) in [5, 5.41) is 2.62. The molecule has 5 rings (SSSR count). The molecule has 10 nitrogen and oxygen atoms in total. The number of nitrogens with one attached hydrogen (secondary N) is 1. The zero-order chi connectivity index (χ0) is 30.4. The highest BCUT2D eigenvalue weighted by molar-refractivity contribution is 6.05. The van der Waals surface area contributed by atoms with Gasteiger partial charge in [0.2, 0.25) is 0 Å². The molecule has 1 aliphatic heterocycles. The maximum absolute atomic E-state index is 15.0. The van der Waals surface area contributed by atoms with Crippen LogP contribution in [0.15, 0.2) is 30.6 Å². The topological polar surface area (TPSA) is 129 Å². The second kappa shape index (κ2) is 10.7. The molecular weight excluding hydrogens is 548 g/mol. The van der Waals surface area contributed by atoms with Crippen molar-refractivity contribution >= 4 is 23.5 Å². The minimum absolute atomic E-state index is 0.00261. The molecule has 2 aromatic carbocycles. The summed E-state index contributed by atoms with van der Waals surface area (Å²) in [6, 6.07) is 5.12. The van der Waals surface area contributed by atoms with Crippen LogP contribution in [0, 0.1) is 18.6 Å². The zero-order valence-corrected chi connectivity index (χ0v) is 24.1. The van der Waals surface area contributed by atoms with E-state index in [0.717, 1.165) is 24.5 Å². The second-order valence-electron chi connectivity index (χ2n) is 11.7. The van der Waals surface area contributed by atoms with Gasteiger partial charge in [0.15, 0.2) is 11.6 Å². The number of hydrogen-bond acceptors (Lipinski definition) is 8. The van der Waals surface area contributed by atoms with Crippen molar-refractivity contribution in [3.63, 3.8) is 0 Å². The summed E-state index contributed by atoms with van der Waals surface area (Å²) in [4.78, 5) is 35.0. The van der Waals surface area contributed by atoms with E-state index >= 15 is 4.39 Å². The molecule has 12 heteroatoms. The molecule has 1 aromatic heterocycles. The molecule has 2 aliphatic rings. The van der Waals surface area contributed by atoms with E-state index < -0.39 is 29.2 Å². The Balaban J connectivity index is 1.37. The van der Waals surface area contributed by atoms with Crippen LogP contribution in [0.5, 0.6) is 11.5 Å². The minimum Gasteiger partial charge on any atom is -0.492 e. The van der Waals surface area contributed by atoms with Gasteiger partial charge in [-0.1, -0.05) is 0 Å². The van der Waals surface area contributed by atoms with Gasteiger partial charge < -0.3 is 30.2 Å². The van der Waals surface area contributed by atoms with E-state index in [1.165, 1.54) is 29.4 Å². The van der Waals surface area contributed by atoms with Gasteiger partial charge in [-0.25, -0.2) is 23.5 Å². The maximum Gasteiger partial charge on any atom is 0.410 e. The number of aromatic nitrogens is 2. The summed E-state index contributed by atoms with van der Waals surface area (Å²) >= 11 is 0. The quantitative estimate of drug-likeness (QED) is 0.388. The van der Waals surface area contributed by atoms with Crippen LogP contribution in [0.4, 0.5) is 25.1 Å². The molecule has 0 radical (unpaired) electrons.